The van der Waals surface area contributed by atoms with Gasteiger partial charge in [-0.25, -0.2) is 0 Å². The van der Waals surface area contributed by atoms with Crippen LogP contribution in [-0.4, -0.2) is 31.0 Å². The van der Waals surface area contributed by atoms with Crippen molar-refractivity contribution in [3.63, 3.8) is 0 Å². The predicted molar refractivity (Wildman–Crippen MR) is 66.3 cm³/mol. The Balaban J connectivity index is 2.04. The first kappa shape index (κ1) is 13.3. The Morgan fingerprint density at radius 3 is 2.27 bits per heavy atom. The summed E-state index contributed by atoms with van der Waals surface area (Å²) in [7, 11) is 0. The zero-order chi connectivity index (χ0) is 10.9. The molecule has 90 valence electrons. The quantitative estimate of drug-likeness (QED) is 0.598. The molecule has 0 atom stereocenters. The van der Waals surface area contributed by atoms with Gasteiger partial charge in [0.15, 0.2) is 6.29 Å². The van der Waals surface area contributed by atoms with Crippen molar-refractivity contribution in [1.82, 2.24) is 0 Å². The molecule has 1 aliphatic rings. The summed E-state index contributed by atoms with van der Waals surface area (Å²) in [4.78, 5) is 0. The molecule has 0 unspecified atom stereocenters. The molecule has 0 N–H and O–H groups in total. The van der Waals surface area contributed by atoms with E-state index in [1.54, 1.807) is 0 Å². The lowest BCUT2D eigenvalue weighted by molar-refractivity contribution is -0.120. The summed E-state index contributed by atoms with van der Waals surface area (Å²) >= 11 is 1.99. The van der Waals surface area contributed by atoms with Crippen molar-refractivity contribution < 1.29 is 9.47 Å². The van der Waals surface area contributed by atoms with Gasteiger partial charge in [0.2, 0.25) is 0 Å². The Hall–Kier alpha value is 0.270. The number of hydrogen-bond donors (Lipinski definition) is 0. The molecule has 2 nitrogen and oxygen atoms in total. The van der Waals surface area contributed by atoms with Crippen LogP contribution in [0.15, 0.2) is 0 Å². The second kappa shape index (κ2) is 8.43. The van der Waals surface area contributed by atoms with Gasteiger partial charge in [-0.15, -0.1) is 0 Å². The summed E-state index contributed by atoms with van der Waals surface area (Å²) in [6, 6.07) is 0. The third-order valence-electron chi connectivity index (χ3n) is 2.79. The maximum absolute atomic E-state index is 5.50. The number of ether oxygens (including phenoxy) is 2. The lowest BCUT2D eigenvalue weighted by Crippen LogP contribution is -2.20. The van der Waals surface area contributed by atoms with Gasteiger partial charge in [0.1, 0.15) is 0 Å². The summed E-state index contributed by atoms with van der Waals surface area (Å²) in [6.07, 6.45) is 5.74. The molecule has 0 amide bonds. The molecule has 1 fully saturated rings. The summed E-state index contributed by atoms with van der Waals surface area (Å²) in [5.74, 6) is 3.23. The molecular weight excluding hydrogens is 208 g/mol. The Morgan fingerprint density at radius 2 is 1.73 bits per heavy atom. The van der Waals surface area contributed by atoms with E-state index >= 15 is 0 Å². The smallest absolute Gasteiger partial charge is 0.166 e. The van der Waals surface area contributed by atoms with Crippen molar-refractivity contribution in [2.75, 3.05) is 24.7 Å². The average Bonchev–Trinajstić information content (AvgIpc) is 2.71. The van der Waals surface area contributed by atoms with Crippen molar-refractivity contribution in [2.45, 2.75) is 45.8 Å². The molecule has 15 heavy (non-hydrogen) atoms. The first-order valence-corrected chi connectivity index (χ1v) is 7.33. The van der Waals surface area contributed by atoms with Crippen LogP contribution in [0.2, 0.25) is 0 Å². The second-order valence-electron chi connectivity index (χ2n) is 4.03. The summed E-state index contributed by atoms with van der Waals surface area (Å²) in [5.41, 5.74) is 0. The molecule has 1 aliphatic carbocycles. The summed E-state index contributed by atoms with van der Waals surface area (Å²) in [5, 5.41) is 0. The lowest BCUT2D eigenvalue weighted by atomic mass is 10.1. The number of thioether (sulfide) groups is 1. The van der Waals surface area contributed by atoms with Gasteiger partial charge in [-0.05, 0) is 38.4 Å². The first-order chi connectivity index (χ1) is 7.36. The highest BCUT2D eigenvalue weighted by Crippen LogP contribution is 2.28. The van der Waals surface area contributed by atoms with Crippen molar-refractivity contribution in [2.24, 2.45) is 5.92 Å². The van der Waals surface area contributed by atoms with Crippen LogP contribution in [0.3, 0.4) is 0 Å². The molecule has 0 bridgehead atoms. The Bertz CT molecular complexity index is 141. The number of hydrogen-bond acceptors (Lipinski definition) is 3. The molecule has 3 heteroatoms. The van der Waals surface area contributed by atoms with Crippen molar-refractivity contribution in [3.8, 4) is 0 Å². The molecule has 0 aromatic rings. The Morgan fingerprint density at radius 1 is 1.13 bits per heavy atom. The molecule has 0 radical (unpaired) electrons. The van der Waals surface area contributed by atoms with Crippen LogP contribution in [0, 0.1) is 5.92 Å². The van der Waals surface area contributed by atoms with Crippen molar-refractivity contribution in [3.05, 3.63) is 0 Å². The molecule has 1 rings (SSSR count). The fourth-order valence-electron chi connectivity index (χ4n) is 2.02. The van der Waals surface area contributed by atoms with Gasteiger partial charge in [0.25, 0.3) is 0 Å². The minimum Gasteiger partial charge on any atom is -0.352 e. The van der Waals surface area contributed by atoms with E-state index in [9.17, 15) is 0 Å². The molecule has 0 saturated heterocycles. The summed E-state index contributed by atoms with van der Waals surface area (Å²) in [6.45, 7) is 5.53. The van der Waals surface area contributed by atoms with Crippen LogP contribution in [0.5, 0.6) is 0 Å². The molecule has 0 spiro atoms. The minimum atomic E-state index is 0.00593. The molecule has 0 aliphatic heterocycles. The predicted octanol–water partition coefficient (Wildman–Crippen LogP) is 3.31. The summed E-state index contributed by atoms with van der Waals surface area (Å²) < 4.78 is 11.0. The Labute approximate surface area is 98.1 Å². The molecule has 0 aromatic carbocycles. The van der Waals surface area contributed by atoms with E-state index < -0.39 is 0 Å². The van der Waals surface area contributed by atoms with Gasteiger partial charge in [-0.2, -0.15) is 11.8 Å². The van der Waals surface area contributed by atoms with E-state index in [-0.39, 0.29) is 6.29 Å². The lowest BCUT2D eigenvalue weighted by Gasteiger charge is -2.17. The SMILES string of the molecule is CCOC(CSCC1CCCC1)OCC. The van der Waals surface area contributed by atoms with Gasteiger partial charge >= 0.3 is 0 Å². The van der Waals surface area contributed by atoms with E-state index in [2.05, 4.69) is 0 Å². The Kier molecular flexibility index (Phi) is 7.49. The average molecular weight is 232 g/mol. The van der Waals surface area contributed by atoms with Crippen LogP contribution in [0.4, 0.5) is 0 Å². The van der Waals surface area contributed by atoms with Gasteiger partial charge in [-0.3, -0.25) is 0 Å². The standard InChI is InChI=1S/C12H24O2S/c1-3-13-12(14-4-2)10-15-9-11-7-5-6-8-11/h11-12H,3-10H2,1-2H3. The molecular formula is C12H24O2S. The van der Waals surface area contributed by atoms with Crippen LogP contribution in [-0.2, 0) is 9.47 Å². The van der Waals surface area contributed by atoms with Crippen LogP contribution < -0.4 is 0 Å². The van der Waals surface area contributed by atoms with Crippen molar-refractivity contribution >= 4 is 11.8 Å². The van der Waals surface area contributed by atoms with Gasteiger partial charge < -0.3 is 9.47 Å². The minimum absolute atomic E-state index is 0.00593. The van der Waals surface area contributed by atoms with Crippen LogP contribution in [0.25, 0.3) is 0 Å². The third kappa shape index (κ3) is 5.79. The second-order valence-corrected chi connectivity index (χ2v) is 5.10. The van der Waals surface area contributed by atoms with Gasteiger partial charge in [-0.1, -0.05) is 12.8 Å². The number of rotatable bonds is 8. The maximum atomic E-state index is 5.50. The zero-order valence-electron chi connectivity index (χ0n) is 10.0. The van der Waals surface area contributed by atoms with E-state index in [4.69, 9.17) is 9.47 Å². The van der Waals surface area contributed by atoms with E-state index in [1.165, 1.54) is 31.4 Å². The first-order valence-electron chi connectivity index (χ1n) is 6.17. The van der Waals surface area contributed by atoms with E-state index in [0.29, 0.717) is 0 Å². The van der Waals surface area contributed by atoms with Crippen LogP contribution >= 0.6 is 11.8 Å². The third-order valence-corrected chi connectivity index (χ3v) is 4.00. The van der Waals surface area contributed by atoms with Gasteiger partial charge in [0.05, 0.1) is 0 Å². The van der Waals surface area contributed by atoms with Crippen molar-refractivity contribution in [1.29, 1.82) is 0 Å². The maximum Gasteiger partial charge on any atom is 0.166 e. The molecule has 0 aromatic heterocycles. The van der Waals surface area contributed by atoms with E-state index in [0.717, 1.165) is 24.9 Å². The highest BCUT2D eigenvalue weighted by Gasteiger charge is 2.16. The molecule has 0 heterocycles. The largest absolute Gasteiger partial charge is 0.352 e. The van der Waals surface area contributed by atoms with Crippen LogP contribution in [0.1, 0.15) is 39.5 Å². The monoisotopic (exact) mass is 232 g/mol. The van der Waals surface area contributed by atoms with E-state index in [1.807, 2.05) is 25.6 Å². The highest BCUT2D eigenvalue weighted by atomic mass is 32.2. The molecule has 1 saturated carbocycles. The fraction of sp³-hybridized carbons (Fsp3) is 1.00. The fourth-order valence-corrected chi connectivity index (χ4v) is 3.21. The topological polar surface area (TPSA) is 18.5 Å². The van der Waals surface area contributed by atoms with Gasteiger partial charge in [0, 0.05) is 19.0 Å². The zero-order valence-corrected chi connectivity index (χ0v) is 10.9. The highest BCUT2D eigenvalue weighted by molar-refractivity contribution is 7.99. The normalized spacial score (nSPS) is 17.8.